The number of hydrogen-bond acceptors (Lipinski definition) is 1. The number of alkyl halides is 3. The highest BCUT2D eigenvalue weighted by Gasteiger charge is 2.25. The fraction of sp³-hybridized carbons (Fsp3) is 0.357. The van der Waals surface area contributed by atoms with Gasteiger partial charge in [0.05, 0.1) is 0 Å². The molecule has 0 saturated heterocycles. The number of amides is 1. The van der Waals surface area contributed by atoms with E-state index in [2.05, 4.69) is 10.3 Å². The predicted octanol–water partition coefficient (Wildman–Crippen LogP) is 3.63. The summed E-state index contributed by atoms with van der Waals surface area (Å²) in [6.07, 6.45) is -4.60. The Kier molecular flexibility index (Phi) is 4.32. The van der Waals surface area contributed by atoms with Crippen molar-refractivity contribution in [3.05, 3.63) is 36.0 Å². The molecule has 2 rings (SSSR count). The van der Waals surface area contributed by atoms with Crippen molar-refractivity contribution in [1.82, 2.24) is 10.3 Å². The van der Waals surface area contributed by atoms with E-state index >= 15 is 0 Å². The van der Waals surface area contributed by atoms with Gasteiger partial charge in [-0.2, -0.15) is 13.2 Å². The van der Waals surface area contributed by atoms with Gasteiger partial charge in [-0.15, -0.1) is 0 Å². The number of hydrogen-bond donors (Lipinski definition) is 2. The van der Waals surface area contributed by atoms with Gasteiger partial charge in [0.1, 0.15) is 5.69 Å². The lowest BCUT2D eigenvalue weighted by atomic mass is 10.2. The average molecular weight is 284 g/mol. The van der Waals surface area contributed by atoms with Crippen LogP contribution in [0, 0.1) is 0 Å². The number of aromatic amines is 1. The molecule has 1 aromatic heterocycles. The molecule has 0 radical (unpaired) electrons. The molecule has 0 aliphatic heterocycles. The molecule has 0 aliphatic rings. The molecule has 0 spiro atoms. The topological polar surface area (TPSA) is 44.9 Å². The minimum absolute atomic E-state index is 0.0243. The first-order valence-electron chi connectivity index (χ1n) is 6.38. The second-order valence-electron chi connectivity index (χ2n) is 4.60. The van der Waals surface area contributed by atoms with Gasteiger partial charge in [0, 0.05) is 23.9 Å². The zero-order valence-corrected chi connectivity index (χ0v) is 10.8. The SMILES string of the molecule is O=C(NCCCCC(F)(F)F)c1cc2ccccc2[nH]1. The molecule has 6 heteroatoms. The minimum Gasteiger partial charge on any atom is -0.351 e. The van der Waals surface area contributed by atoms with Crippen LogP contribution >= 0.6 is 0 Å². The Balaban J connectivity index is 1.80. The third kappa shape index (κ3) is 4.01. The number of nitrogens with one attached hydrogen (secondary N) is 2. The molecule has 1 amide bonds. The Morgan fingerprint density at radius 1 is 1.20 bits per heavy atom. The monoisotopic (exact) mass is 284 g/mol. The van der Waals surface area contributed by atoms with Crippen LogP contribution in [0.25, 0.3) is 10.9 Å². The van der Waals surface area contributed by atoms with E-state index in [1.54, 1.807) is 6.07 Å². The first-order chi connectivity index (χ1) is 9.46. The Bertz CT molecular complexity index is 556. The molecule has 1 heterocycles. The summed E-state index contributed by atoms with van der Waals surface area (Å²) < 4.78 is 35.8. The van der Waals surface area contributed by atoms with E-state index in [-0.39, 0.29) is 18.9 Å². The van der Waals surface area contributed by atoms with Crippen LogP contribution in [-0.4, -0.2) is 23.6 Å². The van der Waals surface area contributed by atoms with Gasteiger partial charge in [-0.1, -0.05) is 18.2 Å². The second kappa shape index (κ2) is 5.98. The van der Waals surface area contributed by atoms with Gasteiger partial charge in [0.25, 0.3) is 5.91 Å². The molecular weight excluding hydrogens is 269 g/mol. The van der Waals surface area contributed by atoms with Crippen LogP contribution < -0.4 is 5.32 Å². The third-order valence-electron chi connectivity index (χ3n) is 2.95. The number of H-pyrrole nitrogens is 1. The summed E-state index contributed by atoms with van der Waals surface area (Å²) in [4.78, 5) is 14.8. The summed E-state index contributed by atoms with van der Waals surface area (Å²) in [6.45, 7) is 0.240. The van der Waals surface area contributed by atoms with Gasteiger partial charge in [-0.25, -0.2) is 0 Å². The van der Waals surface area contributed by atoms with E-state index in [1.165, 1.54) is 0 Å². The molecule has 0 atom stereocenters. The summed E-state index contributed by atoms with van der Waals surface area (Å²) in [6, 6.07) is 9.19. The lowest BCUT2D eigenvalue weighted by Crippen LogP contribution is -2.25. The number of unbranched alkanes of at least 4 members (excludes halogenated alkanes) is 1. The molecule has 0 unspecified atom stereocenters. The summed E-state index contributed by atoms with van der Waals surface area (Å²) in [5, 5.41) is 3.53. The highest BCUT2D eigenvalue weighted by molar-refractivity contribution is 5.97. The van der Waals surface area contributed by atoms with E-state index in [0.717, 1.165) is 10.9 Å². The second-order valence-corrected chi connectivity index (χ2v) is 4.60. The van der Waals surface area contributed by atoms with Crippen LogP contribution in [0.3, 0.4) is 0 Å². The van der Waals surface area contributed by atoms with Crippen LogP contribution in [0.5, 0.6) is 0 Å². The molecule has 2 N–H and O–H groups in total. The van der Waals surface area contributed by atoms with Crippen molar-refractivity contribution in [1.29, 1.82) is 0 Å². The van der Waals surface area contributed by atoms with E-state index < -0.39 is 12.6 Å². The fourth-order valence-electron chi connectivity index (χ4n) is 1.94. The average Bonchev–Trinajstić information content (AvgIpc) is 2.80. The van der Waals surface area contributed by atoms with Gasteiger partial charge < -0.3 is 10.3 Å². The highest BCUT2D eigenvalue weighted by atomic mass is 19.4. The summed E-state index contributed by atoms with van der Waals surface area (Å²) in [5.41, 5.74) is 1.27. The summed E-state index contributed by atoms with van der Waals surface area (Å²) in [5.74, 6) is -0.298. The number of halogens is 3. The number of aromatic nitrogens is 1. The van der Waals surface area contributed by atoms with Crippen LogP contribution in [0.4, 0.5) is 13.2 Å². The lowest BCUT2D eigenvalue weighted by molar-refractivity contribution is -0.135. The molecule has 108 valence electrons. The summed E-state index contributed by atoms with van der Waals surface area (Å²) in [7, 11) is 0. The van der Waals surface area contributed by atoms with E-state index in [0.29, 0.717) is 12.1 Å². The van der Waals surface area contributed by atoms with Crippen LogP contribution in [-0.2, 0) is 0 Å². The van der Waals surface area contributed by atoms with Crippen LogP contribution in [0.1, 0.15) is 29.8 Å². The van der Waals surface area contributed by atoms with Gasteiger partial charge >= 0.3 is 6.18 Å². The number of carbonyl (C=O) groups excluding carboxylic acids is 1. The summed E-state index contributed by atoms with van der Waals surface area (Å²) >= 11 is 0. The number of fused-ring (bicyclic) bond motifs is 1. The molecule has 20 heavy (non-hydrogen) atoms. The van der Waals surface area contributed by atoms with Crippen molar-refractivity contribution in [3.63, 3.8) is 0 Å². The van der Waals surface area contributed by atoms with Crippen molar-refractivity contribution in [3.8, 4) is 0 Å². The Hall–Kier alpha value is -1.98. The zero-order chi connectivity index (χ0) is 14.6. The van der Waals surface area contributed by atoms with Crippen molar-refractivity contribution in [2.45, 2.75) is 25.4 Å². The Morgan fingerprint density at radius 2 is 1.95 bits per heavy atom. The van der Waals surface area contributed by atoms with Crippen molar-refractivity contribution >= 4 is 16.8 Å². The molecule has 0 saturated carbocycles. The first kappa shape index (κ1) is 14.4. The molecule has 2 aromatic rings. The lowest BCUT2D eigenvalue weighted by Gasteiger charge is -2.06. The van der Waals surface area contributed by atoms with Crippen molar-refractivity contribution in [2.24, 2.45) is 0 Å². The van der Waals surface area contributed by atoms with E-state index in [4.69, 9.17) is 0 Å². The third-order valence-corrected chi connectivity index (χ3v) is 2.95. The zero-order valence-electron chi connectivity index (χ0n) is 10.8. The predicted molar refractivity (Wildman–Crippen MR) is 70.5 cm³/mol. The van der Waals surface area contributed by atoms with Crippen molar-refractivity contribution < 1.29 is 18.0 Å². The van der Waals surface area contributed by atoms with Crippen molar-refractivity contribution in [2.75, 3.05) is 6.54 Å². The van der Waals surface area contributed by atoms with Gasteiger partial charge in [0.2, 0.25) is 0 Å². The molecule has 0 fully saturated rings. The molecular formula is C14H15F3N2O. The van der Waals surface area contributed by atoms with Crippen LogP contribution in [0.2, 0.25) is 0 Å². The molecule has 1 aromatic carbocycles. The van der Waals surface area contributed by atoms with Gasteiger partial charge in [0.15, 0.2) is 0 Å². The largest absolute Gasteiger partial charge is 0.389 e. The normalized spacial score (nSPS) is 11.8. The number of rotatable bonds is 5. The van der Waals surface area contributed by atoms with Crippen LogP contribution in [0.15, 0.2) is 30.3 Å². The molecule has 3 nitrogen and oxygen atoms in total. The maximum absolute atomic E-state index is 11.9. The number of benzene rings is 1. The quantitative estimate of drug-likeness (QED) is 0.809. The van der Waals surface area contributed by atoms with Gasteiger partial charge in [-0.05, 0) is 25.0 Å². The first-order valence-corrected chi connectivity index (χ1v) is 6.38. The minimum atomic E-state index is -4.12. The number of para-hydroxylation sites is 1. The Labute approximate surface area is 114 Å². The highest BCUT2D eigenvalue weighted by Crippen LogP contribution is 2.21. The van der Waals surface area contributed by atoms with E-state index in [1.807, 2.05) is 24.3 Å². The van der Waals surface area contributed by atoms with Gasteiger partial charge in [-0.3, -0.25) is 4.79 Å². The maximum atomic E-state index is 11.9. The fourth-order valence-corrected chi connectivity index (χ4v) is 1.94. The Morgan fingerprint density at radius 3 is 2.65 bits per heavy atom. The smallest absolute Gasteiger partial charge is 0.351 e. The van der Waals surface area contributed by atoms with E-state index in [9.17, 15) is 18.0 Å². The molecule has 0 bridgehead atoms. The number of carbonyl (C=O) groups is 1. The maximum Gasteiger partial charge on any atom is 0.389 e. The molecule has 0 aliphatic carbocycles. The standard InChI is InChI=1S/C14H15F3N2O/c15-14(16,17)7-3-4-8-18-13(20)12-9-10-5-1-2-6-11(10)19-12/h1-2,5-6,9,19H,3-4,7-8H2,(H,18,20).